The summed E-state index contributed by atoms with van der Waals surface area (Å²) in [7, 11) is 0. The third-order valence-electron chi connectivity index (χ3n) is 3.36. The standard InChI is InChI=1S/C16H9Cl3N2O4/c17-10-5-12(19)13(6-11(10)18)25-7-14(22)20-21-15(23)8-3-1-2-4-9(8)16(21)24/h1-6H,7H2,(H,20,22). The van der Waals surface area contributed by atoms with Crippen molar-refractivity contribution in [3.05, 3.63) is 62.6 Å². The number of halogens is 3. The highest BCUT2D eigenvalue weighted by atomic mass is 35.5. The fraction of sp³-hybridized carbons (Fsp3) is 0.0625. The molecule has 0 spiro atoms. The summed E-state index contributed by atoms with van der Waals surface area (Å²) in [6.07, 6.45) is 0. The van der Waals surface area contributed by atoms with Crippen LogP contribution in [0.2, 0.25) is 15.1 Å². The van der Waals surface area contributed by atoms with Crippen LogP contribution in [0, 0.1) is 0 Å². The van der Waals surface area contributed by atoms with Crippen molar-refractivity contribution in [1.29, 1.82) is 0 Å². The molecule has 1 heterocycles. The van der Waals surface area contributed by atoms with Gasteiger partial charge in [0.15, 0.2) is 6.61 Å². The molecule has 2 aromatic rings. The fourth-order valence-electron chi connectivity index (χ4n) is 2.21. The van der Waals surface area contributed by atoms with E-state index >= 15 is 0 Å². The number of ether oxygens (including phenoxy) is 1. The monoisotopic (exact) mass is 398 g/mol. The van der Waals surface area contributed by atoms with E-state index in [2.05, 4.69) is 5.43 Å². The van der Waals surface area contributed by atoms with Crippen molar-refractivity contribution in [1.82, 2.24) is 10.4 Å². The smallest absolute Gasteiger partial charge is 0.280 e. The van der Waals surface area contributed by atoms with Gasteiger partial charge in [-0.2, -0.15) is 5.01 Å². The minimum absolute atomic E-state index is 0.147. The summed E-state index contributed by atoms with van der Waals surface area (Å²) < 4.78 is 5.26. The molecular weight excluding hydrogens is 391 g/mol. The molecule has 128 valence electrons. The molecule has 1 aliphatic rings. The molecule has 0 saturated carbocycles. The molecule has 0 aromatic heterocycles. The van der Waals surface area contributed by atoms with E-state index in [4.69, 9.17) is 39.5 Å². The van der Waals surface area contributed by atoms with Gasteiger partial charge in [-0.3, -0.25) is 19.8 Å². The van der Waals surface area contributed by atoms with Gasteiger partial charge < -0.3 is 4.74 Å². The molecule has 0 fully saturated rings. The van der Waals surface area contributed by atoms with Crippen molar-refractivity contribution < 1.29 is 19.1 Å². The van der Waals surface area contributed by atoms with Gasteiger partial charge in [-0.1, -0.05) is 46.9 Å². The van der Waals surface area contributed by atoms with Crippen molar-refractivity contribution >= 4 is 52.5 Å². The normalized spacial score (nSPS) is 13.0. The largest absolute Gasteiger partial charge is 0.482 e. The maximum absolute atomic E-state index is 12.1. The van der Waals surface area contributed by atoms with Gasteiger partial charge in [-0.05, 0) is 18.2 Å². The fourth-order valence-corrected chi connectivity index (χ4v) is 2.80. The van der Waals surface area contributed by atoms with Gasteiger partial charge >= 0.3 is 0 Å². The number of hydrogen-bond acceptors (Lipinski definition) is 4. The van der Waals surface area contributed by atoms with Crippen molar-refractivity contribution in [3.8, 4) is 5.75 Å². The predicted octanol–water partition coefficient (Wildman–Crippen LogP) is 3.35. The molecule has 0 aliphatic carbocycles. The molecule has 6 nitrogen and oxygen atoms in total. The Morgan fingerprint density at radius 2 is 1.52 bits per heavy atom. The third-order valence-corrected chi connectivity index (χ3v) is 4.38. The summed E-state index contributed by atoms with van der Waals surface area (Å²) in [5.74, 6) is -1.78. The lowest BCUT2D eigenvalue weighted by Gasteiger charge is -2.15. The molecule has 1 aliphatic heterocycles. The summed E-state index contributed by atoms with van der Waals surface area (Å²) in [5, 5.41) is 1.27. The maximum atomic E-state index is 12.1. The summed E-state index contributed by atoms with van der Waals surface area (Å²) in [6.45, 7) is -0.481. The second-order valence-corrected chi connectivity index (χ2v) is 6.23. The second kappa shape index (κ2) is 6.92. The Morgan fingerprint density at radius 3 is 2.12 bits per heavy atom. The van der Waals surface area contributed by atoms with Crippen LogP contribution in [0.4, 0.5) is 0 Å². The number of hydrazine groups is 1. The Morgan fingerprint density at radius 1 is 0.960 bits per heavy atom. The van der Waals surface area contributed by atoms with Crippen LogP contribution in [-0.2, 0) is 4.79 Å². The number of nitrogens with one attached hydrogen (secondary N) is 1. The van der Waals surface area contributed by atoms with Crippen LogP contribution in [0.5, 0.6) is 5.75 Å². The summed E-state index contributed by atoms with van der Waals surface area (Å²) >= 11 is 17.6. The number of nitrogens with zero attached hydrogens (tertiary/aromatic N) is 1. The van der Waals surface area contributed by atoms with E-state index in [9.17, 15) is 14.4 Å². The number of rotatable bonds is 4. The molecule has 1 N–H and O–H groups in total. The zero-order chi connectivity index (χ0) is 18.1. The van der Waals surface area contributed by atoms with E-state index in [1.807, 2.05) is 0 Å². The highest BCUT2D eigenvalue weighted by Gasteiger charge is 2.36. The van der Waals surface area contributed by atoms with Gasteiger partial charge in [0.05, 0.1) is 26.2 Å². The molecule has 3 rings (SSSR count). The van der Waals surface area contributed by atoms with Crippen molar-refractivity contribution in [3.63, 3.8) is 0 Å². The molecule has 0 bridgehead atoms. The molecule has 2 aromatic carbocycles. The van der Waals surface area contributed by atoms with E-state index in [0.717, 1.165) is 0 Å². The lowest BCUT2D eigenvalue weighted by Crippen LogP contribution is -2.47. The van der Waals surface area contributed by atoms with Gasteiger partial charge in [0, 0.05) is 6.07 Å². The molecule has 3 amide bonds. The lowest BCUT2D eigenvalue weighted by molar-refractivity contribution is -0.126. The summed E-state index contributed by atoms with van der Waals surface area (Å²) in [5.41, 5.74) is 2.66. The topological polar surface area (TPSA) is 75.7 Å². The minimum Gasteiger partial charge on any atom is -0.482 e. The maximum Gasteiger partial charge on any atom is 0.280 e. The molecule has 0 saturated heterocycles. The van der Waals surface area contributed by atoms with Gasteiger partial charge in [-0.15, -0.1) is 0 Å². The van der Waals surface area contributed by atoms with Crippen molar-refractivity contribution in [2.24, 2.45) is 0 Å². The average Bonchev–Trinajstić information content (AvgIpc) is 2.82. The number of fused-ring (bicyclic) bond motifs is 1. The Balaban J connectivity index is 1.65. The average molecular weight is 400 g/mol. The van der Waals surface area contributed by atoms with Crippen LogP contribution in [0.25, 0.3) is 0 Å². The Kier molecular flexibility index (Phi) is 4.85. The molecule has 0 radical (unpaired) electrons. The molecule has 25 heavy (non-hydrogen) atoms. The van der Waals surface area contributed by atoms with Crippen molar-refractivity contribution in [2.45, 2.75) is 0 Å². The highest BCUT2D eigenvalue weighted by molar-refractivity contribution is 6.43. The van der Waals surface area contributed by atoms with Crippen LogP contribution < -0.4 is 10.2 Å². The van der Waals surface area contributed by atoms with Gasteiger partial charge in [0.1, 0.15) is 5.75 Å². The Labute approximate surface area is 157 Å². The van der Waals surface area contributed by atoms with Gasteiger partial charge in [0.2, 0.25) is 0 Å². The van der Waals surface area contributed by atoms with E-state index < -0.39 is 24.3 Å². The van der Waals surface area contributed by atoms with Crippen LogP contribution >= 0.6 is 34.8 Å². The van der Waals surface area contributed by atoms with Gasteiger partial charge in [0.25, 0.3) is 17.7 Å². The second-order valence-electron chi connectivity index (χ2n) is 5.01. The molecule has 0 atom stereocenters. The number of carbonyl (C=O) groups excluding carboxylic acids is 3. The van der Waals surface area contributed by atoms with E-state index in [1.54, 1.807) is 12.1 Å². The predicted molar refractivity (Wildman–Crippen MR) is 92.1 cm³/mol. The SMILES string of the molecule is O=C(COc1cc(Cl)c(Cl)cc1Cl)NN1C(=O)c2ccccc2C1=O. The highest BCUT2D eigenvalue weighted by Crippen LogP contribution is 2.33. The van der Waals surface area contributed by atoms with Gasteiger partial charge in [-0.25, -0.2) is 0 Å². The summed E-state index contributed by atoms with van der Waals surface area (Å²) in [6, 6.07) is 9.02. The molecule has 9 heteroatoms. The third kappa shape index (κ3) is 3.42. The Hall–Kier alpha value is -2.28. The van der Waals surface area contributed by atoms with Crippen LogP contribution in [0.1, 0.15) is 20.7 Å². The van der Waals surface area contributed by atoms with E-state index in [0.29, 0.717) is 5.01 Å². The minimum atomic E-state index is -0.711. The number of imide groups is 1. The van der Waals surface area contributed by atoms with E-state index in [1.165, 1.54) is 24.3 Å². The first-order chi connectivity index (χ1) is 11.9. The summed E-state index contributed by atoms with van der Waals surface area (Å²) in [4.78, 5) is 36.3. The first kappa shape index (κ1) is 17.5. The zero-order valence-corrected chi connectivity index (χ0v) is 14.7. The number of benzene rings is 2. The number of hydrogen-bond donors (Lipinski definition) is 1. The van der Waals surface area contributed by atoms with Crippen LogP contribution in [0.3, 0.4) is 0 Å². The Bertz CT molecular complexity index is 866. The van der Waals surface area contributed by atoms with Crippen LogP contribution in [-0.4, -0.2) is 29.3 Å². The van der Waals surface area contributed by atoms with E-state index in [-0.39, 0.29) is 31.9 Å². The first-order valence-corrected chi connectivity index (χ1v) is 8.06. The zero-order valence-electron chi connectivity index (χ0n) is 12.4. The molecular formula is C16H9Cl3N2O4. The first-order valence-electron chi connectivity index (χ1n) is 6.93. The lowest BCUT2D eigenvalue weighted by atomic mass is 10.1. The molecule has 0 unspecified atom stereocenters. The number of carbonyl (C=O) groups is 3. The number of amides is 3. The quantitative estimate of drug-likeness (QED) is 0.632. The van der Waals surface area contributed by atoms with Crippen molar-refractivity contribution in [2.75, 3.05) is 6.61 Å². The van der Waals surface area contributed by atoms with Crippen LogP contribution in [0.15, 0.2) is 36.4 Å².